The van der Waals surface area contributed by atoms with Gasteiger partial charge in [-0.05, 0) is 24.0 Å². The van der Waals surface area contributed by atoms with Crippen molar-refractivity contribution in [2.45, 2.75) is 33.1 Å². The van der Waals surface area contributed by atoms with Crippen LogP contribution >= 0.6 is 0 Å². The van der Waals surface area contributed by atoms with Gasteiger partial charge in [0.1, 0.15) is 0 Å². The number of hydrogen-bond donors (Lipinski definition) is 0. The number of fused-ring (bicyclic) bond motifs is 1. The molecule has 1 aromatic heterocycles. The maximum atomic E-state index is 12.0. The molecule has 0 aliphatic heterocycles. The van der Waals surface area contributed by atoms with E-state index in [2.05, 4.69) is 4.98 Å². The Hall–Kier alpha value is -1.84. The van der Waals surface area contributed by atoms with Crippen molar-refractivity contribution in [2.24, 2.45) is 0 Å². The molecule has 2 aromatic rings. The van der Waals surface area contributed by atoms with E-state index in [0.29, 0.717) is 17.5 Å². The summed E-state index contributed by atoms with van der Waals surface area (Å²) in [5.41, 5.74) is 1.20. The van der Waals surface area contributed by atoms with Crippen LogP contribution in [-0.2, 0) is 0 Å². The Bertz CT molecular complexity index is 602. The van der Waals surface area contributed by atoms with Gasteiger partial charge < -0.3 is 9.15 Å². The normalized spacial score (nSPS) is 11.1. The van der Waals surface area contributed by atoms with Crippen LogP contribution in [0.15, 0.2) is 27.4 Å². The molecule has 0 spiro atoms. The second kappa shape index (κ2) is 5.21. The van der Waals surface area contributed by atoms with Gasteiger partial charge in [-0.3, -0.25) is 0 Å². The monoisotopic (exact) mass is 247 g/mol. The zero-order valence-electron chi connectivity index (χ0n) is 10.9. The van der Waals surface area contributed by atoms with Gasteiger partial charge in [-0.15, -0.1) is 0 Å². The lowest BCUT2D eigenvalue weighted by Crippen LogP contribution is -2.08. The van der Waals surface area contributed by atoms with Crippen LogP contribution < -0.4 is 10.4 Å². The van der Waals surface area contributed by atoms with Crippen molar-refractivity contribution in [3.8, 4) is 6.08 Å². The minimum Gasteiger partial charge on any atom is -0.450 e. The fourth-order valence-electron chi connectivity index (χ4n) is 1.86. The first-order valence-electron chi connectivity index (χ1n) is 6.20. The molecule has 4 heteroatoms. The third-order valence-electron chi connectivity index (χ3n) is 2.72. The fraction of sp³-hybridized carbons (Fsp3) is 0.429. The zero-order chi connectivity index (χ0) is 13.1. The minimum atomic E-state index is -0.379. The predicted molar refractivity (Wildman–Crippen MR) is 70.2 cm³/mol. The van der Waals surface area contributed by atoms with Gasteiger partial charge in [0.2, 0.25) is 0 Å². The second-order valence-corrected chi connectivity index (χ2v) is 4.51. The number of ether oxygens (including phenoxy) is 1. The summed E-state index contributed by atoms with van der Waals surface area (Å²) in [6.07, 6.45) is 0.894. The van der Waals surface area contributed by atoms with Gasteiger partial charge in [-0.25, -0.2) is 4.79 Å². The van der Waals surface area contributed by atoms with E-state index in [0.717, 1.165) is 12.0 Å². The molecule has 0 unspecified atom stereocenters. The Balaban J connectivity index is 2.58. The topological polar surface area (TPSA) is 52.3 Å². The number of aromatic nitrogens is 1. The van der Waals surface area contributed by atoms with Gasteiger partial charge >= 0.3 is 11.7 Å². The van der Waals surface area contributed by atoms with Gasteiger partial charge in [0, 0.05) is 0 Å². The van der Waals surface area contributed by atoms with E-state index in [1.165, 1.54) is 0 Å². The van der Waals surface area contributed by atoms with E-state index in [4.69, 9.17) is 9.15 Å². The Morgan fingerprint density at radius 3 is 2.83 bits per heavy atom. The van der Waals surface area contributed by atoms with Crippen LogP contribution in [-0.4, -0.2) is 11.6 Å². The summed E-state index contributed by atoms with van der Waals surface area (Å²) in [6, 6.07) is 5.63. The molecular formula is C14H17NO3. The average molecular weight is 247 g/mol. The van der Waals surface area contributed by atoms with E-state index in [9.17, 15) is 4.79 Å². The highest BCUT2D eigenvalue weighted by molar-refractivity contribution is 5.81. The van der Waals surface area contributed by atoms with Crippen molar-refractivity contribution >= 4 is 10.9 Å². The van der Waals surface area contributed by atoms with Gasteiger partial charge in [0.05, 0.1) is 17.5 Å². The van der Waals surface area contributed by atoms with Crippen molar-refractivity contribution in [1.29, 1.82) is 0 Å². The highest BCUT2D eigenvalue weighted by atomic mass is 16.6. The predicted octanol–water partition coefficient (Wildman–Crippen LogP) is 3.10. The number of nitrogens with zero attached hydrogens (tertiary/aromatic N) is 1. The molecule has 0 aliphatic rings. The molecule has 4 nitrogen and oxygen atoms in total. The minimum absolute atomic E-state index is 0.0512. The van der Waals surface area contributed by atoms with E-state index >= 15 is 0 Å². The first-order chi connectivity index (χ1) is 8.63. The van der Waals surface area contributed by atoms with Gasteiger partial charge in [-0.2, -0.15) is 4.98 Å². The number of hydrogen-bond acceptors (Lipinski definition) is 4. The van der Waals surface area contributed by atoms with Crippen LogP contribution in [0.1, 0.15) is 38.7 Å². The van der Waals surface area contributed by atoms with E-state index in [1.807, 2.05) is 32.9 Å². The third kappa shape index (κ3) is 2.37. The first kappa shape index (κ1) is 12.6. The molecule has 0 amide bonds. The van der Waals surface area contributed by atoms with Gasteiger partial charge in [0.15, 0.2) is 0 Å². The van der Waals surface area contributed by atoms with Crippen LogP contribution in [0.4, 0.5) is 0 Å². The van der Waals surface area contributed by atoms with E-state index in [-0.39, 0.29) is 17.6 Å². The molecular weight excluding hydrogens is 230 g/mol. The maximum Gasteiger partial charge on any atom is 0.397 e. The molecule has 96 valence electrons. The highest BCUT2D eigenvalue weighted by Gasteiger charge is 2.12. The average Bonchev–Trinajstić information content (AvgIpc) is 2.35. The molecule has 0 saturated heterocycles. The SMILES string of the molecule is CCCOc1nc2cccc(C(C)C)c2c(=O)o1. The van der Waals surface area contributed by atoms with Crippen LogP contribution in [0.2, 0.25) is 0 Å². The largest absolute Gasteiger partial charge is 0.450 e. The van der Waals surface area contributed by atoms with Crippen LogP contribution in [0.3, 0.4) is 0 Å². The highest BCUT2D eigenvalue weighted by Crippen LogP contribution is 2.22. The molecule has 1 aromatic carbocycles. The Kier molecular flexibility index (Phi) is 3.65. The number of benzene rings is 1. The van der Waals surface area contributed by atoms with Crippen molar-refractivity contribution < 1.29 is 9.15 Å². The summed E-state index contributed by atoms with van der Waals surface area (Å²) in [6.45, 7) is 6.55. The maximum absolute atomic E-state index is 12.0. The lowest BCUT2D eigenvalue weighted by molar-refractivity contribution is 0.217. The van der Waals surface area contributed by atoms with Crippen molar-refractivity contribution in [2.75, 3.05) is 6.61 Å². The standard InChI is InChI=1S/C14H17NO3/c1-4-8-17-14-15-11-7-5-6-10(9(2)3)12(11)13(16)18-14/h5-7,9H,4,8H2,1-3H3. The molecule has 0 radical (unpaired) electrons. The molecule has 0 N–H and O–H groups in total. The summed E-state index contributed by atoms with van der Waals surface area (Å²) < 4.78 is 10.4. The molecule has 0 atom stereocenters. The smallest absolute Gasteiger partial charge is 0.397 e. The Morgan fingerprint density at radius 1 is 1.39 bits per heavy atom. The summed E-state index contributed by atoms with van der Waals surface area (Å²) in [5, 5.41) is 0.552. The summed E-state index contributed by atoms with van der Waals surface area (Å²) >= 11 is 0. The van der Waals surface area contributed by atoms with Gasteiger partial charge in [-0.1, -0.05) is 32.9 Å². The molecule has 0 aliphatic carbocycles. The van der Waals surface area contributed by atoms with Crippen molar-refractivity contribution in [1.82, 2.24) is 4.98 Å². The molecule has 1 heterocycles. The van der Waals surface area contributed by atoms with Crippen LogP contribution in [0.5, 0.6) is 6.08 Å². The van der Waals surface area contributed by atoms with E-state index < -0.39 is 0 Å². The Labute approximate surface area is 106 Å². The fourth-order valence-corrected chi connectivity index (χ4v) is 1.86. The quantitative estimate of drug-likeness (QED) is 0.833. The number of rotatable bonds is 4. The van der Waals surface area contributed by atoms with Crippen molar-refractivity contribution in [3.05, 3.63) is 34.2 Å². The summed E-state index contributed by atoms with van der Waals surface area (Å²) in [7, 11) is 0. The zero-order valence-corrected chi connectivity index (χ0v) is 10.9. The summed E-state index contributed by atoms with van der Waals surface area (Å²) in [4.78, 5) is 16.2. The van der Waals surface area contributed by atoms with Crippen molar-refractivity contribution in [3.63, 3.8) is 0 Å². The van der Waals surface area contributed by atoms with Crippen LogP contribution in [0, 0.1) is 0 Å². The van der Waals surface area contributed by atoms with Crippen LogP contribution in [0.25, 0.3) is 10.9 Å². The summed E-state index contributed by atoms with van der Waals surface area (Å²) in [5.74, 6) is 0.251. The second-order valence-electron chi connectivity index (χ2n) is 4.51. The molecule has 0 fully saturated rings. The third-order valence-corrected chi connectivity index (χ3v) is 2.72. The van der Waals surface area contributed by atoms with Gasteiger partial charge in [0.25, 0.3) is 0 Å². The lowest BCUT2D eigenvalue weighted by atomic mass is 9.99. The molecule has 0 saturated carbocycles. The first-order valence-corrected chi connectivity index (χ1v) is 6.20. The Morgan fingerprint density at radius 2 is 2.17 bits per heavy atom. The van der Waals surface area contributed by atoms with E-state index in [1.54, 1.807) is 6.07 Å². The molecule has 18 heavy (non-hydrogen) atoms. The molecule has 2 rings (SSSR count). The lowest BCUT2D eigenvalue weighted by Gasteiger charge is -2.08. The molecule has 0 bridgehead atoms.